The molecule has 22 heavy (non-hydrogen) atoms. The van der Waals surface area contributed by atoms with Crippen LogP contribution >= 0.6 is 11.3 Å². The van der Waals surface area contributed by atoms with Crippen molar-refractivity contribution in [2.24, 2.45) is 0 Å². The summed E-state index contributed by atoms with van der Waals surface area (Å²) in [7, 11) is 0. The van der Waals surface area contributed by atoms with Crippen LogP contribution in [-0.2, 0) is 6.61 Å². The van der Waals surface area contributed by atoms with Crippen LogP contribution in [0.25, 0.3) is 16.4 Å². The van der Waals surface area contributed by atoms with Gasteiger partial charge >= 0.3 is 0 Å². The van der Waals surface area contributed by atoms with Gasteiger partial charge in [0.25, 0.3) is 0 Å². The maximum Gasteiger partial charge on any atom is 0.231 e. The molecule has 0 amide bonds. The lowest BCUT2D eigenvalue weighted by Gasteiger charge is -2.06. The Morgan fingerprint density at radius 2 is 2.18 bits per heavy atom. The van der Waals surface area contributed by atoms with Gasteiger partial charge in [-0.15, -0.1) is 16.4 Å². The van der Waals surface area contributed by atoms with Crippen molar-refractivity contribution in [3.05, 3.63) is 35.0 Å². The van der Waals surface area contributed by atoms with Crippen molar-refractivity contribution in [2.75, 3.05) is 6.79 Å². The minimum absolute atomic E-state index is 0.200. The van der Waals surface area contributed by atoms with Gasteiger partial charge in [-0.25, -0.2) is 4.98 Å². The van der Waals surface area contributed by atoms with Crippen LogP contribution in [-0.4, -0.2) is 31.9 Å². The Labute approximate surface area is 129 Å². The van der Waals surface area contributed by atoms with E-state index in [0.717, 1.165) is 11.3 Å². The minimum atomic E-state index is -0.200. The van der Waals surface area contributed by atoms with Crippen LogP contribution in [0.2, 0.25) is 0 Å². The number of fused-ring (bicyclic) bond motifs is 1. The standard InChI is InChI=1S/C14H12N4O3S/c1-8-6-22-14(15-8)18-13(10(5-19)16-17-18)9-2-3-11-12(4-9)21-7-20-11/h2-4,6,19H,5,7H2,1H3. The fraction of sp³-hybridized carbons (Fsp3) is 0.214. The summed E-state index contributed by atoms with van der Waals surface area (Å²) in [5, 5.41) is 20.4. The third-order valence-corrected chi connectivity index (χ3v) is 4.26. The van der Waals surface area contributed by atoms with Crippen molar-refractivity contribution in [1.82, 2.24) is 20.0 Å². The van der Waals surface area contributed by atoms with Gasteiger partial charge in [0.2, 0.25) is 11.9 Å². The van der Waals surface area contributed by atoms with E-state index in [-0.39, 0.29) is 13.4 Å². The zero-order valence-corrected chi connectivity index (χ0v) is 12.5. The van der Waals surface area contributed by atoms with Crippen LogP contribution in [0.4, 0.5) is 0 Å². The van der Waals surface area contributed by atoms with E-state index in [1.165, 1.54) is 11.3 Å². The highest BCUT2D eigenvalue weighted by Gasteiger charge is 2.21. The highest BCUT2D eigenvalue weighted by Crippen LogP contribution is 2.37. The molecule has 0 spiro atoms. The van der Waals surface area contributed by atoms with E-state index in [9.17, 15) is 5.11 Å². The molecule has 0 saturated heterocycles. The normalized spacial score (nSPS) is 12.8. The third kappa shape index (κ3) is 2.04. The van der Waals surface area contributed by atoms with Gasteiger partial charge in [-0.1, -0.05) is 5.21 Å². The van der Waals surface area contributed by atoms with Crippen LogP contribution in [0.15, 0.2) is 23.6 Å². The van der Waals surface area contributed by atoms with Gasteiger partial charge in [-0.3, -0.25) is 0 Å². The third-order valence-electron chi connectivity index (χ3n) is 3.32. The molecule has 3 aromatic rings. The van der Waals surface area contributed by atoms with Crippen molar-refractivity contribution in [1.29, 1.82) is 0 Å². The molecule has 1 aliphatic rings. The average molecular weight is 316 g/mol. The van der Waals surface area contributed by atoms with Crippen molar-refractivity contribution >= 4 is 11.3 Å². The summed E-state index contributed by atoms with van der Waals surface area (Å²) in [5.41, 5.74) is 2.95. The highest BCUT2D eigenvalue weighted by atomic mass is 32.1. The summed E-state index contributed by atoms with van der Waals surface area (Å²) in [4.78, 5) is 4.43. The van der Waals surface area contributed by atoms with Crippen molar-refractivity contribution in [3.8, 4) is 27.9 Å². The Bertz CT molecular complexity index is 842. The molecule has 8 heteroatoms. The number of aryl methyl sites for hydroxylation is 1. The lowest BCUT2D eigenvalue weighted by atomic mass is 10.1. The fourth-order valence-corrected chi connectivity index (χ4v) is 3.08. The molecular formula is C14H12N4O3S. The molecule has 0 radical (unpaired) electrons. The summed E-state index contributed by atoms with van der Waals surface area (Å²) < 4.78 is 12.4. The highest BCUT2D eigenvalue weighted by molar-refractivity contribution is 7.12. The molecule has 1 N–H and O–H groups in total. The Balaban J connectivity index is 1.88. The van der Waals surface area contributed by atoms with E-state index >= 15 is 0 Å². The van der Waals surface area contributed by atoms with Crippen LogP contribution < -0.4 is 9.47 Å². The Morgan fingerprint density at radius 3 is 2.95 bits per heavy atom. The fourth-order valence-electron chi connectivity index (χ4n) is 2.33. The average Bonchev–Trinajstić information content (AvgIpc) is 3.24. The number of nitrogens with zero attached hydrogens (tertiary/aromatic N) is 4. The molecule has 0 saturated carbocycles. The summed E-state index contributed by atoms with van der Waals surface area (Å²) in [6.07, 6.45) is 0. The molecule has 0 unspecified atom stereocenters. The topological polar surface area (TPSA) is 82.3 Å². The molecule has 0 bridgehead atoms. The van der Waals surface area contributed by atoms with Crippen LogP contribution in [0, 0.1) is 6.92 Å². The number of benzene rings is 1. The molecular weight excluding hydrogens is 304 g/mol. The van der Waals surface area contributed by atoms with Gasteiger partial charge in [-0.2, -0.15) is 4.68 Å². The van der Waals surface area contributed by atoms with Crippen LogP contribution in [0.5, 0.6) is 11.5 Å². The van der Waals surface area contributed by atoms with E-state index in [1.54, 1.807) is 4.68 Å². The molecule has 0 fully saturated rings. The second-order valence-electron chi connectivity index (χ2n) is 4.79. The maximum atomic E-state index is 9.55. The first-order valence-corrected chi connectivity index (χ1v) is 7.52. The Morgan fingerprint density at radius 1 is 1.32 bits per heavy atom. The number of thiazole rings is 1. The summed E-state index contributed by atoms with van der Waals surface area (Å²) >= 11 is 1.47. The first-order chi connectivity index (χ1) is 10.8. The summed E-state index contributed by atoms with van der Waals surface area (Å²) in [6, 6.07) is 5.59. The number of aliphatic hydroxyl groups is 1. The van der Waals surface area contributed by atoms with Gasteiger partial charge in [-0.05, 0) is 25.1 Å². The number of hydrogen-bond acceptors (Lipinski definition) is 7. The molecule has 3 heterocycles. The van der Waals surface area contributed by atoms with Crippen molar-refractivity contribution in [2.45, 2.75) is 13.5 Å². The Kier molecular flexibility index (Phi) is 3.05. The molecule has 112 valence electrons. The van der Waals surface area contributed by atoms with Crippen LogP contribution in [0.1, 0.15) is 11.4 Å². The zero-order valence-electron chi connectivity index (χ0n) is 11.7. The van der Waals surface area contributed by atoms with Crippen LogP contribution in [0.3, 0.4) is 0 Å². The van der Waals surface area contributed by atoms with Gasteiger partial charge in [0.15, 0.2) is 11.5 Å². The monoisotopic (exact) mass is 316 g/mol. The first kappa shape index (κ1) is 13.2. The lowest BCUT2D eigenvalue weighted by molar-refractivity contribution is 0.174. The summed E-state index contributed by atoms with van der Waals surface area (Å²) in [5.74, 6) is 1.38. The second-order valence-corrected chi connectivity index (χ2v) is 5.63. The van der Waals surface area contributed by atoms with Gasteiger partial charge in [0, 0.05) is 10.9 Å². The molecule has 1 aliphatic heterocycles. The quantitative estimate of drug-likeness (QED) is 0.795. The number of rotatable bonds is 3. The van der Waals surface area contributed by atoms with E-state index in [0.29, 0.717) is 28.0 Å². The second kappa shape index (κ2) is 5.08. The van der Waals surface area contributed by atoms with E-state index < -0.39 is 0 Å². The smallest absolute Gasteiger partial charge is 0.231 e. The van der Waals surface area contributed by atoms with Crippen molar-refractivity contribution in [3.63, 3.8) is 0 Å². The molecule has 7 nitrogen and oxygen atoms in total. The number of aromatic nitrogens is 4. The molecule has 4 rings (SSSR count). The first-order valence-electron chi connectivity index (χ1n) is 6.64. The number of ether oxygens (including phenoxy) is 2. The number of aliphatic hydroxyl groups excluding tert-OH is 1. The van der Waals surface area contributed by atoms with Gasteiger partial charge < -0.3 is 14.6 Å². The predicted octanol–water partition coefficient (Wildman–Crippen LogP) is 1.92. The largest absolute Gasteiger partial charge is 0.454 e. The van der Waals surface area contributed by atoms with Crippen molar-refractivity contribution < 1.29 is 14.6 Å². The molecule has 2 aromatic heterocycles. The minimum Gasteiger partial charge on any atom is -0.454 e. The van der Waals surface area contributed by atoms with Gasteiger partial charge in [0.05, 0.1) is 12.3 Å². The summed E-state index contributed by atoms with van der Waals surface area (Å²) in [6.45, 7) is 1.94. The SMILES string of the molecule is Cc1csc(-n2nnc(CO)c2-c2ccc3c(c2)OCO3)n1. The lowest BCUT2D eigenvalue weighted by Crippen LogP contribution is -2.00. The molecule has 1 aromatic carbocycles. The maximum absolute atomic E-state index is 9.55. The van der Waals surface area contributed by atoms with Gasteiger partial charge in [0.1, 0.15) is 11.4 Å². The molecule has 0 aliphatic carbocycles. The Hall–Kier alpha value is -2.45. The molecule has 0 atom stereocenters. The van der Waals surface area contributed by atoms with E-state index in [2.05, 4.69) is 15.3 Å². The zero-order chi connectivity index (χ0) is 15.1. The predicted molar refractivity (Wildman–Crippen MR) is 79.2 cm³/mol. The number of hydrogen-bond donors (Lipinski definition) is 1. The van der Waals surface area contributed by atoms with E-state index in [4.69, 9.17) is 9.47 Å². The van der Waals surface area contributed by atoms with E-state index in [1.807, 2.05) is 30.5 Å².